The van der Waals surface area contributed by atoms with Crippen molar-refractivity contribution in [2.24, 2.45) is 5.41 Å². The van der Waals surface area contributed by atoms with Crippen LogP contribution in [0.4, 0.5) is 0 Å². The number of alkyl halides is 1. The minimum Gasteiger partial charge on any atom is -0.385 e. The van der Waals surface area contributed by atoms with Gasteiger partial charge in [0.05, 0.1) is 0 Å². The Bertz CT molecular complexity index is 142. The van der Waals surface area contributed by atoms with Crippen molar-refractivity contribution in [2.45, 2.75) is 39.5 Å². The van der Waals surface area contributed by atoms with Crippen LogP contribution in [0.15, 0.2) is 0 Å². The minimum absolute atomic E-state index is 0.248. The van der Waals surface area contributed by atoms with Crippen LogP contribution in [0.1, 0.15) is 39.5 Å². The fraction of sp³-hybridized carbons (Fsp3) is 1.00. The van der Waals surface area contributed by atoms with E-state index in [1.807, 2.05) is 0 Å². The Morgan fingerprint density at radius 2 is 1.87 bits per heavy atom. The molecule has 0 aliphatic heterocycles. The van der Waals surface area contributed by atoms with Gasteiger partial charge in [0.2, 0.25) is 0 Å². The van der Waals surface area contributed by atoms with Crippen molar-refractivity contribution in [1.29, 1.82) is 0 Å². The Morgan fingerprint density at radius 3 is 2.40 bits per heavy atom. The fourth-order valence-electron chi connectivity index (χ4n) is 1.59. The van der Waals surface area contributed by atoms with E-state index in [0.29, 0.717) is 0 Å². The van der Waals surface area contributed by atoms with E-state index in [0.717, 1.165) is 38.5 Å². The molecule has 0 N–H and O–H groups in total. The maximum Gasteiger partial charge on any atom is 0.0487 e. The molecule has 0 aromatic rings. The van der Waals surface area contributed by atoms with Crippen molar-refractivity contribution < 1.29 is 9.47 Å². The minimum atomic E-state index is 0.248. The first-order valence-electron chi connectivity index (χ1n) is 5.81. The Hall–Kier alpha value is 0.210. The SMILES string of the molecule is CCCC(C)(CCl)CCOCCCOC. The van der Waals surface area contributed by atoms with Gasteiger partial charge in [0.15, 0.2) is 0 Å². The topological polar surface area (TPSA) is 18.5 Å². The van der Waals surface area contributed by atoms with E-state index in [-0.39, 0.29) is 5.41 Å². The van der Waals surface area contributed by atoms with Gasteiger partial charge in [-0.1, -0.05) is 20.3 Å². The highest BCUT2D eigenvalue weighted by Gasteiger charge is 2.21. The van der Waals surface area contributed by atoms with Gasteiger partial charge in [-0.2, -0.15) is 0 Å². The number of ether oxygens (including phenoxy) is 2. The maximum absolute atomic E-state index is 5.97. The predicted molar refractivity (Wildman–Crippen MR) is 65.7 cm³/mol. The molecule has 1 atom stereocenters. The van der Waals surface area contributed by atoms with Crippen molar-refractivity contribution in [3.05, 3.63) is 0 Å². The standard InChI is InChI=1S/C12H25ClO2/c1-4-6-12(2,11-13)7-10-15-9-5-8-14-3/h4-11H2,1-3H3. The van der Waals surface area contributed by atoms with Crippen LogP contribution in [0.3, 0.4) is 0 Å². The average Bonchev–Trinajstić information content (AvgIpc) is 2.24. The highest BCUT2D eigenvalue weighted by atomic mass is 35.5. The second-order valence-corrected chi connectivity index (χ2v) is 4.67. The summed E-state index contributed by atoms with van der Waals surface area (Å²) in [7, 11) is 1.71. The third kappa shape index (κ3) is 8.06. The van der Waals surface area contributed by atoms with Gasteiger partial charge in [-0.3, -0.25) is 0 Å². The Balaban J connectivity index is 3.46. The molecule has 15 heavy (non-hydrogen) atoms. The summed E-state index contributed by atoms with van der Waals surface area (Å²) in [5, 5.41) is 0. The van der Waals surface area contributed by atoms with E-state index in [4.69, 9.17) is 21.1 Å². The summed E-state index contributed by atoms with van der Waals surface area (Å²) in [6, 6.07) is 0. The number of methoxy groups -OCH3 is 1. The van der Waals surface area contributed by atoms with Crippen LogP contribution in [-0.2, 0) is 9.47 Å². The first-order chi connectivity index (χ1) is 7.18. The summed E-state index contributed by atoms with van der Waals surface area (Å²) in [6.07, 6.45) is 4.39. The van der Waals surface area contributed by atoms with Gasteiger partial charge in [-0.25, -0.2) is 0 Å². The lowest BCUT2D eigenvalue weighted by molar-refractivity contribution is 0.0818. The van der Waals surface area contributed by atoms with Crippen LogP contribution in [0.25, 0.3) is 0 Å². The summed E-state index contributed by atoms with van der Waals surface area (Å²) in [4.78, 5) is 0. The molecule has 2 nitrogen and oxygen atoms in total. The zero-order valence-corrected chi connectivity index (χ0v) is 11.1. The zero-order valence-electron chi connectivity index (χ0n) is 10.4. The first kappa shape index (κ1) is 15.2. The normalized spacial score (nSPS) is 15.2. The van der Waals surface area contributed by atoms with Gasteiger partial charge in [0, 0.05) is 32.8 Å². The van der Waals surface area contributed by atoms with E-state index < -0.39 is 0 Å². The second kappa shape index (κ2) is 9.44. The fourth-order valence-corrected chi connectivity index (χ4v) is 1.86. The van der Waals surface area contributed by atoms with Crippen molar-refractivity contribution in [1.82, 2.24) is 0 Å². The number of hydrogen-bond acceptors (Lipinski definition) is 2. The number of hydrogen-bond donors (Lipinski definition) is 0. The van der Waals surface area contributed by atoms with Crippen LogP contribution < -0.4 is 0 Å². The van der Waals surface area contributed by atoms with Crippen molar-refractivity contribution >= 4 is 11.6 Å². The predicted octanol–water partition coefficient (Wildman–Crippen LogP) is 3.47. The van der Waals surface area contributed by atoms with E-state index in [1.54, 1.807) is 7.11 Å². The molecular weight excluding hydrogens is 212 g/mol. The van der Waals surface area contributed by atoms with E-state index >= 15 is 0 Å². The molecule has 0 saturated heterocycles. The summed E-state index contributed by atoms with van der Waals surface area (Å²) < 4.78 is 10.5. The number of rotatable bonds is 10. The summed E-state index contributed by atoms with van der Waals surface area (Å²) in [5.74, 6) is 0.724. The smallest absolute Gasteiger partial charge is 0.0487 e. The second-order valence-electron chi connectivity index (χ2n) is 4.40. The van der Waals surface area contributed by atoms with Crippen molar-refractivity contribution in [2.75, 3.05) is 32.8 Å². The molecule has 0 saturated carbocycles. The van der Waals surface area contributed by atoms with Gasteiger partial charge in [-0.05, 0) is 24.7 Å². The molecule has 0 spiro atoms. The largest absolute Gasteiger partial charge is 0.385 e. The van der Waals surface area contributed by atoms with E-state index in [9.17, 15) is 0 Å². The monoisotopic (exact) mass is 236 g/mol. The molecule has 0 aromatic heterocycles. The highest BCUT2D eigenvalue weighted by molar-refractivity contribution is 6.18. The first-order valence-corrected chi connectivity index (χ1v) is 6.34. The lowest BCUT2D eigenvalue weighted by Crippen LogP contribution is -2.21. The molecule has 0 fully saturated rings. The van der Waals surface area contributed by atoms with E-state index in [1.165, 1.54) is 12.8 Å². The molecule has 0 heterocycles. The molecular formula is C12H25ClO2. The molecule has 0 amide bonds. The van der Waals surface area contributed by atoms with E-state index in [2.05, 4.69) is 13.8 Å². The van der Waals surface area contributed by atoms with Gasteiger partial charge in [0.1, 0.15) is 0 Å². The van der Waals surface area contributed by atoms with Gasteiger partial charge >= 0.3 is 0 Å². The van der Waals surface area contributed by atoms with Crippen molar-refractivity contribution in [3.63, 3.8) is 0 Å². The summed E-state index contributed by atoms with van der Waals surface area (Å²) in [6.45, 7) is 6.82. The quantitative estimate of drug-likeness (QED) is 0.427. The van der Waals surface area contributed by atoms with Gasteiger partial charge in [0.25, 0.3) is 0 Å². The molecule has 3 heteroatoms. The summed E-state index contributed by atoms with van der Waals surface area (Å²) >= 11 is 5.97. The molecule has 0 rings (SSSR count). The Labute approximate surface area is 99.3 Å². The maximum atomic E-state index is 5.97. The van der Waals surface area contributed by atoms with Crippen LogP contribution in [-0.4, -0.2) is 32.8 Å². The third-order valence-corrected chi connectivity index (χ3v) is 3.31. The molecule has 1 unspecified atom stereocenters. The molecule has 0 aliphatic carbocycles. The molecule has 92 valence electrons. The van der Waals surface area contributed by atoms with Gasteiger partial charge < -0.3 is 9.47 Å². The summed E-state index contributed by atoms with van der Waals surface area (Å²) in [5.41, 5.74) is 0.248. The molecule has 0 bridgehead atoms. The van der Waals surface area contributed by atoms with Gasteiger partial charge in [-0.15, -0.1) is 11.6 Å². The highest BCUT2D eigenvalue weighted by Crippen LogP contribution is 2.28. The van der Waals surface area contributed by atoms with Crippen LogP contribution >= 0.6 is 11.6 Å². The van der Waals surface area contributed by atoms with Crippen LogP contribution in [0.2, 0.25) is 0 Å². The average molecular weight is 237 g/mol. The molecule has 0 aromatic carbocycles. The lowest BCUT2D eigenvalue weighted by atomic mass is 9.85. The zero-order chi connectivity index (χ0) is 11.6. The molecule has 0 radical (unpaired) electrons. The van der Waals surface area contributed by atoms with Crippen molar-refractivity contribution in [3.8, 4) is 0 Å². The third-order valence-electron chi connectivity index (χ3n) is 2.66. The Morgan fingerprint density at radius 1 is 1.13 bits per heavy atom. The van der Waals surface area contributed by atoms with Crippen LogP contribution in [0, 0.1) is 5.41 Å². The lowest BCUT2D eigenvalue weighted by Gasteiger charge is -2.26. The molecule has 0 aliphatic rings. The van der Waals surface area contributed by atoms with Crippen LogP contribution in [0.5, 0.6) is 0 Å². The Kier molecular flexibility index (Phi) is 9.57. The number of halogens is 1.